The molecule has 1 aliphatic rings. The smallest absolute Gasteiger partial charge is 0.259 e. The fraction of sp³-hybridized carbons (Fsp3) is 0.350. The first-order valence-corrected chi connectivity index (χ1v) is 8.52. The third-order valence-corrected chi connectivity index (χ3v) is 4.93. The van der Waals surface area contributed by atoms with Crippen LogP contribution in [0.3, 0.4) is 0 Å². The average Bonchev–Trinajstić information content (AvgIpc) is 2.65. The molecule has 2 aromatic rings. The highest BCUT2D eigenvalue weighted by atomic mass is 19.1. The van der Waals surface area contributed by atoms with Crippen molar-refractivity contribution in [2.75, 3.05) is 26.2 Å². The van der Waals surface area contributed by atoms with E-state index in [0.717, 1.165) is 6.07 Å². The lowest BCUT2D eigenvalue weighted by molar-refractivity contribution is 0.0573. The van der Waals surface area contributed by atoms with Crippen LogP contribution in [0.25, 0.3) is 0 Å². The summed E-state index contributed by atoms with van der Waals surface area (Å²) in [7, 11) is 0. The number of aryl methyl sites for hydroxylation is 1. The van der Waals surface area contributed by atoms with Gasteiger partial charge in [0.2, 0.25) is 0 Å². The van der Waals surface area contributed by atoms with Crippen molar-refractivity contribution in [1.29, 1.82) is 0 Å². The van der Waals surface area contributed by atoms with Crippen LogP contribution >= 0.6 is 0 Å². The molecule has 5 heteroatoms. The number of carbonyl (C=O) groups is 1. The van der Waals surface area contributed by atoms with Gasteiger partial charge in [0, 0.05) is 32.2 Å². The minimum atomic E-state index is -0.798. The van der Waals surface area contributed by atoms with Gasteiger partial charge in [-0.2, -0.15) is 0 Å². The molecule has 0 unspecified atom stereocenters. The van der Waals surface area contributed by atoms with E-state index >= 15 is 0 Å². The second-order valence-corrected chi connectivity index (χ2v) is 6.47. The molecule has 3 nitrogen and oxygen atoms in total. The molecule has 1 atom stereocenters. The molecule has 25 heavy (non-hydrogen) atoms. The Bertz CT molecular complexity index is 756. The van der Waals surface area contributed by atoms with Gasteiger partial charge in [-0.05, 0) is 31.0 Å². The fourth-order valence-corrected chi connectivity index (χ4v) is 3.27. The highest BCUT2D eigenvalue weighted by molar-refractivity contribution is 5.95. The van der Waals surface area contributed by atoms with E-state index in [-0.39, 0.29) is 11.6 Å². The van der Waals surface area contributed by atoms with E-state index in [1.807, 2.05) is 18.2 Å². The summed E-state index contributed by atoms with van der Waals surface area (Å²) in [6.45, 7) is 5.94. The predicted octanol–water partition coefficient (Wildman–Crippen LogP) is 3.79. The van der Waals surface area contributed by atoms with Gasteiger partial charge in [0.15, 0.2) is 0 Å². The molecule has 1 heterocycles. The van der Waals surface area contributed by atoms with Gasteiger partial charge >= 0.3 is 0 Å². The number of hydrogen-bond acceptors (Lipinski definition) is 2. The summed E-state index contributed by atoms with van der Waals surface area (Å²) in [5.74, 6) is -2.12. The number of rotatable bonds is 3. The van der Waals surface area contributed by atoms with E-state index in [2.05, 4.69) is 24.0 Å². The summed E-state index contributed by atoms with van der Waals surface area (Å²) in [5, 5.41) is 0. The fourth-order valence-electron chi connectivity index (χ4n) is 3.27. The highest BCUT2D eigenvalue weighted by Gasteiger charge is 2.28. The van der Waals surface area contributed by atoms with E-state index in [4.69, 9.17) is 0 Å². The van der Waals surface area contributed by atoms with E-state index in [1.54, 1.807) is 0 Å². The first-order valence-electron chi connectivity index (χ1n) is 8.52. The van der Waals surface area contributed by atoms with Gasteiger partial charge in [0.25, 0.3) is 5.91 Å². The van der Waals surface area contributed by atoms with Crippen LogP contribution < -0.4 is 0 Å². The quantitative estimate of drug-likeness (QED) is 0.846. The summed E-state index contributed by atoms with van der Waals surface area (Å²) in [4.78, 5) is 16.4. The lowest BCUT2D eigenvalue weighted by Crippen LogP contribution is -2.49. The first-order chi connectivity index (χ1) is 12.0. The van der Waals surface area contributed by atoms with Crippen molar-refractivity contribution in [2.45, 2.75) is 19.9 Å². The van der Waals surface area contributed by atoms with Crippen molar-refractivity contribution in [3.63, 3.8) is 0 Å². The lowest BCUT2D eigenvalue weighted by Gasteiger charge is -2.38. The maximum Gasteiger partial charge on any atom is 0.259 e. The zero-order valence-electron chi connectivity index (χ0n) is 14.5. The maximum absolute atomic E-state index is 14.2. The number of hydrogen-bond donors (Lipinski definition) is 0. The van der Waals surface area contributed by atoms with Crippen molar-refractivity contribution < 1.29 is 13.6 Å². The SMILES string of the molecule is Cc1ccc(F)c(C(=O)N2CCN([C@@H](C)c3ccccc3)CC2)c1F. The largest absolute Gasteiger partial charge is 0.336 e. The van der Waals surface area contributed by atoms with Crippen LogP contribution in [0.4, 0.5) is 8.78 Å². The molecule has 1 saturated heterocycles. The first kappa shape index (κ1) is 17.5. The number of benzene rings is 2. The number of amides is 1. The van der Waals surface area contributed by atoms with Crippen LogP contribution in [0.2, 0.25) is 0 Å². The molecular formula is C20H22F2N2O. The zero-order valence-corrected chi connectivity index (χ0v) is 14.5. The van der Waals surface area contributed by atoms with E-state index < -0.39 is 23.1 Å². The predicted molar refractivity (Wildman–Crippen MR) is 93.4 cm³/mol. The maximum atomic E-state index is 14.2. The highest BCUT2D eigenvalue weighted by Crippen LogP contribution is 2.23. The van der Waals surface area contributed by atoms with Crippen molar-refractivity contribution in [2.24, 2.45) is 0 Å². The Morgan fingerprint density at radius 3 is 2.28 bits per heavy atom. The summed E-state index contributed by atoms with van der Waals surface area (Å²) >= 11 is 0. The van der Waals surface area contributed by atoms with Gasteiger partial charge in [-0.25, -0.2) is 8.78 Å². The van der Waals surface area contributed by atoms with Gasteiger partial charge in [-0.3, -0.25) is 9.69 Å². The Kier molecular flexibility index (Phi) is 5.13. The molecule has 2 aromatic carbocycles. The summed E-state index contributed by atoms with van der Waals surface area (Å²) in [5.41, 5.74) is 1.06. The molecule has 3 rings (SSSR count). The molecule has 1 amide bonds. The van der Waals surface area contributed by atoms with Crippen molar-refractivity contribution in [3.05, 3.63) is 70.8 Å². The van der Waals surface area contributed by atoms with Crippen LogP contribution in [0.5, 0.6) is 0 Å². The van der Waals surface area contributed by atoms with Crippen molar-refractivity contribution >= 4 is 5.91 Å². The number of piperazine rings is 1. The van der Waals surface area contributed by atoms with Crippen molar-refractivity contribution in [1.82, 2.24) is 9.80 Å². The van der Waals surface area contributed by atoms with Crippen LogP contribution in [-0.2, 0) is 0 Å². The molecule has 0 spiro atoms. The van der Waals surface area contributed by atoms with E-state index in [1.165, 1.54) is 23.5 Å². The van der Waals surface area contributed by atoms with Gasteiger partial charge < -0.3 is 4.90 Å². The molecule has 1 aliphatic heterocycles. The van der Waals surface area contributed by atoms with Gasteiger partial charge in [0.05, 0.1) is 0 Å². The Hall–Kier alpha value is -2.27. The normalized spacial score (nSPS) is 16.7. The molecule has 0 saturated carbocycles. The molecule has 0 aliphatic carbocycles. The molecule has 0 N–H and O–H groups in total. The van der Waals surface area contributed by atoms with Gasteiger partial charge in [0.1, 0.15) is 17.2 Å². The van der Waals surface area contributed by atoms with E-state index in [0.29, 0.717) is 26.2 Å². The Morgan fingerprint density at radius 2 is 1.64 bits per heavy atom. The Morgan fingerprint density at radius 1 is 1.00 bits per heavy atom. The Balaban J connectivity index is 1.69. The molecule has 132 valence electrons. The standard InChI is InChI=1S/C20H22F2N2O/c1-14-8-9-17(21)18(19(14)22)20(25)24-12-10-23(11-13-24)15(2)16-6-4-3-5-7-16/h3-9,15H,10-13H2,1-2H3/t15-/m0/s1. The minimum Gasteiger partial charge on any atom is -0.336 e. The van der Waals surface area contributed by atoms with Gasteiger partial charge in [-0.1, -0.05) is 36.4 Å². The van der Waals surface area contributed by atoms with Crippen LogP contribution in [0.1, 0.15) is 34.5 Å². The average molecular weight is 344 g/mol. The summed E-state index contributed by atoms with van der Waals surface area (Å²) in [6, 6.07) is 12.9. The second kappa shape index (κ2) is 7.31. The number of halogens is 2. The topological polar surface area (TPSA) is 23.6 Å². The Labute approximate surface area is 146 Å². The van der Waals surface area contributed by atoms with Crippen molar-refractivity contribution in [3.8, 4) is 0 Å². The van der Waals surface area contributed by atoms with Crippen LogP contribution in [0, 0.1) is 18.6 Å². The summed E-state index contributed by atoms with van der Waals surface area (Å²) < 4.78 is 28.2. The molecule has 0 radical (unpaired) electrons. The molecule has 1 fully saturated rings. The number of carbonyl (C=O) groups excluding carboxylic acids is 1. The lowest BCUT2D eigenvalue weighted by atomic mass is 10.1. The third kappa shape index (κ3) is 3.56. The molecule has 0 aromatic heterocycles. The summed E-state index contributed by atoms with van der Waals surface area (Å²) in [6.07, 6.45) is 0. The number of nitrogens with zero attached hydrogens (tertiary/aromatic N) is 2. The molecular weight excluding hydrogens is 322 g/mol. The van der Waals surface area contributed by atoms with Gasteiger partial charge in [-0.15, -0.1) is 0 Å². The van der Waals surface area contributed by atoms with Crippen LogP contribution in [0.15, 0.2) is 42.5 Å². The minimum absolute atomic E-state index is 0.242. The third-order valence-electron chi connectivity index (χ3n) is 4.93. The zero-order chi connectivity index (χ0) is 18.0. The van der Waals surface area contributed by atoms with Crippen LogP contribution in [-0.4, -0.2) is 41.9 Å². The van der Waals surface area contributed by atoms with E-state index in [9.17, 15) is 13.6 Å². The monoisotopic (exact) mass is 344 g/mol. The molecule has 0 bridgehead atoms. The second-order valence-electron chi connectivity index (χ2n) is 6.47.